The molecule has 1 aliphatic heterocycles. The van der Waals surface area contributed by atoms with Gasteiger partial charge in [-0.2, -0.15) is 0 Å². The van der Waals surface area contributed by atoms with Gasteiger partial charge in [-0.25, -0.2) is 0 Å². The van der Waals surface area contributed by atoms with Gasteiger partial charge in [0.2, 0.25) is 0 Å². The zero-order valence-electron chi connectivity index (χ0n) is 28.7. The first-order valence-electron chi connectivity index (χ1n) is 17.9. The van der Waals surface area contributed by atoms with Crippen LogP contribution in [0.15, 0.2) is 120 Å². The number of carbonyl (C=O) groups is 1. The van der Waals surface area contributed by atoms with Gasteiger partial charge in [0.15, 0.2) is 5.78 Å². The van der Waals surface area contributed by atoms with E-state index in [0.29, 0.717) is 24.9 Å². The minimum Gasteiger partial charge on any atom is -0.489 e. The molecule has 1 aromatic heterocycles. The summed E-state index contributed by atoms with van der Waals surface area (Å²) in [6.45, 7) is 9.98. The lowest BCUT2D eigenvalue weighted by molar-refractivity contribution is -0.118. The fourth-order valence-electron chi connectivity index (χ4n) is 9.82. The van der Waals surface area contributed by atoms with Gasteiger partial charge < -0.3 is 9.16 Å². The van der Waals surface area contributed by atoms with E-state index in [0.717, 1.165) is 37.0 Å². The Morgan fingerprint density at radius 1 is 0.917 bits per heavy atom. The van der Waals surface area contributed by atoms with Crippen molar-refractivity contribution in [1.29, 1.82) is 0 Å². The van der Waals surface area contributed by atoms with Crippen molar-refractivity contribution in [1.82, 2.24) is 4.98 Å². The minimum absolute atomic E-state index is 0.0544. The zero-order chi connectivity index (χ0) is 33.1. The molecule has 2 saturated carbocycles. The van der Waals surface area contributed by atoms with Gasteiger partial charge in [-0.05, 0) is 93.1 Å². The Hall–Kier alpha value is -3.80. The lowest BCUT2D eigenvalue weighted by Crippen LogP contribution is -2.67. The number of benzene rings is 3. The van der Waals surface area contributed by atoms with E-state index in [9.17, 15) is 4.79 Å². The number of ketones is 1. The quantitative estimate of drug-likeness (QED) is 0.196. The molecular weight excluding hydrogens is 607 g/mol. The molecule has 5 atom stereocenters. The summed E-state index contributed by atoms with van der Waals surface area (Å²) in [6, 6.07) is 30.6. The number of allylic oxidation sites excluding steroid dienone is 3. The Labute approximate surface area is 286 Å². The van der Waals surface area contributed by atoms with Crippen LogP contribution in [0, 0.1) is 17.3 Å². The molecule has 0 radical (unpaired) electrons. The van der Waals surface area contributed by atoms with Gasteiger partial charge in [-0.1, -0.05) is 100 Å². The van der Waals surface area contributed by atoms with Crippen molar-refractivity contribution in [3.05, 3.63) is 126 Å². The minimum atomic E-state index is -2.70. The number of fused-ring (bicyclic) bond motifs is 4. The van der Waals surface area contributed by atoms with Crippen molar-refractivity contribution < 1.29 is 14.0 Å². The summed E-state index contributed by atoms with van der Waals surface area (Å²) in [5.41, 5.74) is 3.73. The van der Waals surface area contributed by atoms with Gasteiger partial charge in [0.05, 0.1) is 5.57 Å². The molecule has 4 aliphatic rings. The molecule has 8 rings (SSSR count). The maximum absolute atomic E-state index is 13.8. The molecule has 0 amide bonds. The summed E-state index contributed by atoms with van der Waals surface area (Å²) < 4.78 is 14.3. The highest BCUT2D eigenvalue weighted by molar-refractivity contribution is 6.99. The van der Waals surface area contributed by atoms with Crippen LogP contribution in [0.4, 0.5) is 0 Å². The number of rotatable bonds is 6. The van der Waals surface area contributed by atoms with Gasteiger partial charge in [0.25, 0.3) is 8.32 Å². The highest BCUT2D eigenvalue weighted by Crippen LogP contribution is 2.62. The first kappa shape index (κ1) is 31.5. The number of nitrogens with zero attached hydrogens (tertiary/aromatic N) is 1. The maximum atomic E-state index is 13.8. The molecule has 3 aromatic carbocycles. The molecule has 48 heavy (non-hydrogen) atoms. The Kier molecular flexibility index (Phi) is 7.84. The predicted octanol–water partition coefficient (Wildman–Crippen LogP) is 8.66. The van der Waals surface area contributed by atoms with E-state index < -0.39 is 8.32 Å². The van der Waals surface area contributed by atoms with Crippen LogP contribution in [-0.4, -0.2) is 31.8 Å². The predicted molar refractivity (Wildman–Crippen MR) is 196 cm³/mol. The Balaban J connectivity index is 1.04. The molecule has 4 nitrogen and oxygen atoms in total. The monoisotopic (exact) mass is 653 g/mol. The molecule has 0 saturated heterocycles. The molecule has 2 fully saturated rings. The normalized spacial score (nSPS) is 27.2. The van der Waals surface area contributed by atoms with Crippen LogP contribution in [0.25, 0.3) is 10.8 Å². The van der Waals surface area contributed by atoms with Crippen molar-refractivity contribution in [2.24, 2.45) is 17.3 Å². The molecule has 5 heteroatoms. The van der Waals surface area contributed by atoms with Crippen LogP contribution in [0.5, 0.6) is 0 Å². The van der Waals surface area contributed by atoms with Crippen molar-refractivity contribution in [2.45, 2.75) is 83.3 Å². The van der Waals surface area contributed by atoms with E-state index in [1.807, 2.05) is 12.4 Å². The molecule has 0 bridgehead atoms. The number of hydrogen-bond acceptors (Lipinski definition) is 4. The van der Waals surface area contributed by atoms with Crippen molar-refractivity contribution in [3.8, 4) is 0 Å². The van der Waals surface area contributed by atoms with Crippen LogP contribution in [0.1, 0.15) is 77.7 Å². The zero-order valence-corrected chi connectivity index (χ0v) is 29.7. The molecule has 0 N–H and O–H groups in total. The van der Waals surface area contributed by atoms with E-state index in [2.05, 4.69) is 124 Å². The number of carbonyl (C=O) groups excluding carboxylic acids is 1. The highest BCUT2D eigenvalue weighted by atomic mass is 28.4. The average molecular weight is 654 g/mol. The largest absolute Gasteiger partial charge is 0.489 e. The van der Waals surface area contributed by atoms with E-state index in [-0.39, 0.29) is 28.3 Å². The van der Waals surface area contributed by atoms with Crippen LogP contribution in [0.3, 0.4) is 0 Å². The summed E-state index contributed by atoms with van der Waals surface area (Å²) in [5, 5.41) is 4.90. The summed E-state index contributed by atoms with van der Waals surface area (Å²) in [4.78, 5) is 18.2. The van der Waals surface area contributed by atoms with Crippen LogP contribution < -0.4 is 10.4 Å². The fourth-order valence-corrected chi connectivity index (χ4v) is 14.5. The average Bonchev–Trinajstić information content (AvgIpc) is 3.45. The SMILES string of the molecule is CC(C)(C)[Si](OCC1CC(=O)C2=C(C1)O[C@@H]1C(=C2)CC[C@]2(C)[C@@H](c3ccc4ccncc4c3)CC[C@@H]12)(c1ccccc1)c1ccccc1. The molecule has 3 aliphatic carbocycles. The maximum Gasteiger partial charge on any atom is 0.261 e. The van der Waals surface area contributed by atoms with E-state index in [1.54, 1.807) is 0 Å². The summed E-state index contributed by atoms with van der Waals surface area (Å²) in [5.74, 6) is 2.13. The summed E-state index contributed by atoms with van der Waals surface area (Å²) in [7, 11) is -2.70. The second kappa shape index (κ2) is 12.0. The van der Waals surface area contributed by atoms with E-state index >= 15 is 0 Å². The molecule has 2 heterocycles. The third-order valence-electron chi connectivity index (χ3n) is 12.3. The van der Waals surface area contributed by atoms with Crippen molar-refractivity contribution >= 4 is 35.2 Å². The third kappa shape index (κ3) is 5.13. The van der Waals surface area contributed by atoms with E-state index in [4.69, 9.17) is 9.16 Å². The lowest BCUT2D eigenvalue weighted by Gasteiger charge is -2.48. The van der Waals surface area contributed by atoms with Crippen LogP contribution in [0.2, 0.25) is 5.04 Å². The number of pyridine rings is 1. The topological polar surface area (TPSA) is 48.4 Å². The molecule has 1 unspecified atom stereocenters. The van der Waals surface area contributed by atoms with Gasteiger partial charge >= 0.3 is 0 Å². The second-order valence-corrected chi connectivity index (χ2v) is 20.3. The first-order chi connectivity index (χ1) is 23.2. The number of hydrogen-bond donors (Lipinski definition) is 0. The Morgan fingerprint density at radius 2 is 1.65 bits per heavy atom. The molecular formula is C43H47NO3Si. The van der Waals surface area contributed by atoms with Gasteiger partial charge in [-0.15, -0.1) is 0 Å². The third-order valence-corrected chi connectivity index (χ3v) is 17.3. The molecule has 0 spiro atoms. The van der Waals surface area contributed by atoms with Crippen LogP contribution >= 0.6 is 0 Å². The number of aromatic nitrogens is 1. The standard InChI is InChI=1S/C43H47NO3Si/c1-42(2,3)48(34-11-7-5-8-12-34,35-13-9-6-10-14-35)46-28-29-23-39(45)36-26-32-19-21-43(4)37(17-18-38(43)41(32)47-40(36)24-29)31-16-15-30-20-22-44-27-33(30)25-31/h5-16,20,22,25-27,29,37-38,41H,17-19,21,23-24,28H2,1-4H3/t29?,37-,38+,41-,43-/m1/s1. The summed E-state index contributed by atoms with van der Waals surface area (Å²) >= 11 is 0. The molecule has 4 aromatic rings. The number of Topliss-reactive ketones (excluding diaryl/α,β-unsaturated/α-hetero) is 1. The second-order valence-electron chi connectivity index (χ2n) is 16.0. The Morgan fingerprint density at radius 3 is 2.35 bits per heavy atom. The highest BCUT2D eigenvalue weighted by Gasteiger charge is 2.55. The van der Waals surface area contributed by atoms with E-state index in [1.165, 1.54) is 38.7 Å². The Bertz CT molecular complexity index is 1870. The smallest absolute Gasteiger partial charge is 0.261 e. The first-order valence-corrected chi connectivity index (χ1v) is 19.8. The molecule has 246 valence electrons. The van der Waals surface area contributed by atoms with Crippen molar-refractivity contribution in [2.75, 3.05) is 6.61 Å². The summed E-state index contributed by atoms with van der Waals surface area (Å²) in [6.07, 6.45) is 11.8. The van der Waals surface area contributed by atoms with Gasteiger partial charge in [-0.3, -0.25) is 9.78 Å². The van der Waals surface area contributed by atoms with Crippen molar-refractivity contribution in [3.63, 3.8) is 0 Å². The van der Waals surface area contributed by atoms with Gasteiger partial charge in [0, 0.05) is 43.1 Å². The van der Waals surface area contributed by atoms with Crippen LogP contribution in [-0.2, 0) is 14.0 Å². The fraction of sp³-hybridized carbons (Fsp3) is 0.395. The number of ether oxygens (including phenoxy) is 1. The van der Waals surface area contributed by atoms with Gasteiger partial charge in [0.1, 0.15) is 11.9 Å². The lowest BCUT2D eigenvalue weighted by atomic mass is 9.61.